The summed E-state index contributed by atoms with van der Waals surface area (Å²) in [5.74, 6) is -0.833. The van der Waals surface area contributed by atoms with Crippen LogP contribution in [0, 0.1) is 5.82 Å². The van der Waals surface area contributed by atoms with E-state index in [0.29, 0.717) is 11.4 Å². The number of rotatable bonds is 5. The van der Waals surface area contributed by atoms with Crippen LogP contribution in [0.5, 0.6) is 0 Å². The lowest BCUT2D eigenvalue weighted by Gasteiger charge is -2.11. The quantitative estimate of drug-likeness (QED) is 0.642. The van der Waals surface area contributed by atoms with Crippen LogP contribution < -0.4 is 4.72 Å². The number of aromatic nitrogens is 3. The van der Waals surface area contributed by atoms with E-state index in [9.17, 15) is 17.6 Å². The Kier molecular flexibility index (Phi) is 5.25. The number of nitrogens with zero attached hydrogens (tertiary/aromatic N) is 3. The summed E-state index contributed by atoms with van der Waals surface area (Å²) in [6.07, 6.45) is 4.03. The summed E-state index contributed by atoms with van der Waals surface area (Å²) in [7, 11) is -4.34. The molecule has 156 valence electrons. The van der Waals surface area contributed by atoms with Crippen LogP contribution in [0.3, 0.4) is 0 Å². The maximum absolute atomic E-state index is 14.1. The van der Waals surface area contributed by atoms with E-state index in [1.807, 2.05) is 4.57 Å². The molecule has 0 aliphatic carbocycles. The second-order valence-electron chi connectivity index (χ2n) is 7.04. The zero-order valence-electron chi connectivity index (χ0n) is 15.9. The topological polar surface area (TPSA) is 114 Å². The molecule has 4 rings (SSSR count). The van der Waals surface area contributed by atoms with Crippen LogP contribution in [0.15, 0.2) is 47.4 Å². The molecule has 2 aromatic carbocycles. The van der Waals surface area contributed by atoms with Gasteiger partial charge in [0.25, 0.3) is 10.0 Å². The van der Waals surface area contributed by atoms with E-state index in [1.54, 1.807) is 18.2 Å². The van der Waals surface area contributed by atoms with E-state index in [0.717, 1.165) is 56.3 Å². The number of fused-ring (bicyclic) bond motifs is 1. The lowest BCUT2D eigenvalue weighted by molar-refractivity contribution is 0.0696. The first-order valence-corrected chi connectivity index (χ1v) is 10.9. The van der Waals surface area contributed by atoms with Crippen LogP contribution in [0.2, 0.25) is 0 Å². The van der Waals surface area contributed by atoms with Crippen LogP contribution in [0.25, 0.3) is 11.4 Å². The van der Waals surface area contributed by atoms with Gasteiger partial charge in [0.05, 0.1) is 5.56 Å². The molecule has 1 aliphatic heterocycles. The summed E-state index contributed by atoms with van der Waals surface area (Å²) in [4.78, 5) is 10.4. The third kappa shape index (κ3) is 3.90. The highest BCUT2D eigenvalue weighted by molar-refractivity contribution is 7.92. The highest BCUT2D eigenvalue weighted by Gasteiger charge is 2.22. The molecule has 0 radical (unpaired) electrons. The van der Waals surface area contributed by atoms with Crippen molar-refractivity contribution in [3.8, 4) is 11.4 Å². The standard InChI is InChI=1S/C20H19FN4O4S/c21-16-9-8-14(20(26)27)12-17(16)30(28,29)24-15-6-4-5-13(11-15)19-23-22-18-7-2-1-3-10-25(18)19/h4-6,8-9,11-12,24H,1-3,7,10H2,(H,26,27). The monoisotopic (exact) mass is 430 g/mol. The van der Waals surface area contributed by atoms with E-state index in [1.165, 1.54) is 6.07 Å². The SMILES string of the molecule is O=C(O)c1ccc(F)c(S(=O)(=O)Nc2cccc(-c3nnc4n3CCCCC4)c2)c1. The van der Waals surface area contributed by atoms with Crippen LogP contribution in [-0.4, -0.2) is 34.3 Å². The number of carboxylic acids is 1. The van der Waals surface area contributed by atoms with Crippen molar-refractivity contribution in [3.05, 3.63) is 59.7 Å². The third-order valence-electron chi connectivity index (χ3n) is 4.95. The zero-order valence-corrected chi connectivity index (χ0v) is 16.7. The molecule has 1 aromatic heterocycles. The summed E-state index contributed by atoms with van der Waals surface area (Å²) in [6, 6.07) is 9.20. The number of benzene rings is 2. The third-order valence-corrected chi connectivity index (χ3v) is 6.35. The number of hydrogen-bond donors (Lipinski definition) is 2. The molecular formula is C20H19FN4O4S. The molecule has 1 aliphatic rings. The number of carbonyl (C=O) groups is 1. The number of sulfonamides is 1. The first kappa shape index (κ1) is 20.0. The number of anilines is 1. The van der Waals surface area contributed by atoms with Crippen LogP contribution >= 0.6 is 0 Å². The average Bonchev–Trinajstić information content (AvgIpc) is 2.96. The minimum absolute atomic E-state index is 0.207. The van der Waals surface area contributed by atoms with Crippen molar-refractivity contribution in [1.29, 1.82) is 0 Å². The molecule has 3 aromatic rings. The average molecular weight is 430 g/mol. The number of halogens is 1. The van der Waals surface area contributed by atoms with Crippen molar-refractivity contribution in [2.24, 2.45) is 0 Å². The predicted octanol–water partition coefficient (Wildman–Crippen LogP) is 3.31. The Morgan fingerprint density at radius 3 is 2.73 bits per heavy atom. The van der Waals surface area contributed by atoms with Crippen LogP contribution in [0.1, 0.15) is 35.4 Å². The van der Waals surface area contributed by atoms with E-state index in [2.05, 4.69) is 14.9 Å². The maximum atomic E-state index is 14.1. The number of carboxylic acid groups (broad SMARTS) is 1. The molecule has 30 heavy (non-hydrogen) atoms. The molecule has 0 unspecified atom stereocenters. The second kappa shape index (κ2) is 7.86. The Balaban J connectivity index is 1.67. The number of aryl methyl sites for hydroxylation is 1. The van der Waals surface area contributed by atoms with Gasteiger partial charge >= 0.3 is 5.97 Å². The highest BCUT2D eigenvalue weighted by Crippen LogP contribution is 2.26. The van der Waals surface area contributed by atoms with E-state index in [-0.39, 0.29) is 11.3 Å². The van der Waals surface area contributed by atoms with Crippen LogP contribution in [0.4, 0.5) is 10.1 Å². The zero-order chi connectivity index (χ0) is 21.3. The Bertz CT molecular complexity index is 1220. The van der Waals surface area contributed by atoms with Gasteiger partial charge in [0, 0.05) is 24.2 Å². The molecule has 0 fully saturated rings. The summed E-state index contributed by atoms with van der Waals surface area (Å²) < 4.78 is 43.9. The van der Waals surface area contributed by atoms with Gasteiger partial charge in [0.1, 0.15) is 16.5 Å². The molecule has 8 nitrogen and oxygen atoms in total. The molecule has 2 heterocycles. The van der Waals surface area contributed by atoms with Crippen LogP contribution in [-0.2, 0) is 23.0 Å². The molecule has 10 heteroatoms. The van der Waals surface area contributed by atoms with Gasteiger partial charge in [-0.1, -0.05) is 18.6 Å². The highest BCUT2D eigenvalue weighted by atomic mass is 32.2. The molecule has 0 amide bonds. The molecule has 0 atom stereocenters. The van der Waals surface area contributed by atoms with Gasteiger partial charge in [0.2, 0.25) is 0 Å². The van der Waals surface area contributed by atoms with Crippen molar-refractivity contribution in [2.45, 2.75) is 37.1 Å². The first-order valence-electron chi connectivity index (χ1n) is 9.43. The summed E-state index contributed by atoms with van der Waals surface area (Å²) >= 11 is 0. The van der Waals surface area contributed by atoms with E-state index >= 15 is 0 Å². The van der Waals surface area contributed by atoms with Gasteiger partial charge in [-0.05, 0) is 43.2 Å². The molecule has 0 saturated carbocycles. The molecular weight excluding hydrogens is 411 g/mol. The van der Waals surface area contributed by atoms with Crippen molar-refractivity contribution in [3.63, 3.8) is 0 Å². The Labute approximate surface area is 172 Å². The van der Waals surface area contributed by atoms with E-state index in [4.69, 9.17) is 5.11 Å². The first-order chi connectivity index (χ1) is 14.3. The van der Waals surface area contributed by atoms with Gasteiger partial charge in [0.15, 0.2) is 5.82 Å². The Morgan fingerprint density at radius 1 is 1.10 bits per heavy atom. The fourth-order valence-electron chi connectivity index (χ4n) is 3.47. The minimum Gasteiger partial charge on any atom is -0.478 e. The Hall–Kier alpha value is -3.27. The maximum Gasteiger partial charge on any atom is 0.335 e. The summed E-state index contributed by atoms with van der Waals surface area (Å²) in [5, 5.41) is 17.6. The summed E-state index contributed by atoms with van der Waals surface area (Å²) in [5.41, 5.74) is 0.561. The molecule has 0 bridgehead atoms. The number of nitrogens with one attached hydrogen (secondary N) is 1. The van der Waals surface area contributed by atoms with Crippen molar-refractivity contribution < 1.29 is 22.7 Å². The van der Waals surface area contributed by atoms with E-state index < -0.39 is 26.7 Å². The number of aromatic carboxylic acids is 1. The fraction of sp³-hybridized carbons (Fsp3) is 0.250. The summed E-state index contributed by atoms with van der Waals surface area (Å²) in [6.45, 7) is 0.792. The second-order valence-corrected chi connectivity index (χ2v) is 8.69. The number of hydrogen-bond acceptors (Lipinski definition) is 5. The van der Waals surface area contributed by atoms with Gasteiger partial charge < -0.3 is 9.67 Å². The minimum atomic E-state index is -4.34. The fourth-order valence-corrected chi connectivity index (χ4v) is 4.63. The van der Waals surface area contributed by atoms with Gasteiger partial charge in [-0.3, -0.25) is 4.72 Å². The normalized spacial score (nSPS) is 14.0. The van der Waals surface area contributed by atoms with Crippen molar-refractivity contribution >= 4 is 21.7 Å². The van der Waals surface area contributed by atoms with Gasteiger partial charge in [-0.15, -0.1) is 10.2 Å². The molecule has 0 spiro atoms. The Morgan fingerprint density at radius 2 is 1.93 bits per heavy atom. The van der Waals surface area contributed by atoms with Crippen molar-refractivity contribution in [1.82, 2.24) is 14.8 Å². The van der Waals surface area contributed by atoms with Crippen molar-refractivity contribution in [2.75, 3.05) is 4.72 Å². The molecule has 0 saturated heterocycles. The van der Waals surface area contributed by atoms with Gasteiger partial charge in [-0.25, -0.2) is 17.6 Å². The molecule has 2 N–H and O–H groups in total. The lowest BCUT2D eigenvalue weighted by atomic mass is 10.2. The lowest BCUT2D eigenvalue weighted by Crippen LogP contribution is -2.15. The predicted molar refractivity (Wildman–Crippen MR) is 107 cm³/mol. The van der Waals surface area contributed by atoms with Gasteiger partial charge in [-0.2, -0.15) is 0 Å². The smallest absolute Gasteiger partial charge is 0.335 e. The largest absolute Gasteiger partial charge is 0.478 e.